The molecule has 0 fully saturated rings. The first-order valence-corrected chi connectivity index (χ1v) is 6.72. The van der Waals surface area contributed by atoms with Gasteiger partial charge in [-0.05, 0) is 41.5 Å². The van der Waals surface area contributed by atoms with Crippen LogP contribution in [0.3, 0.4) is 0 Å². The average Bonchev–Trinajstić information content (AvgIpc) is 2.21. The monoisotopic (exact) mass is 256 g/mol. The van der Waals surface area contributed by atoms with E-state index in [-0.39, 0.29) is 11.2 Å². The van der Waals surface area contributed by atoms with Crippen LogP contribution in [0.1, 0.15) is 58.1 Å². The summed E-state index contributed by atoms with van der Waals surface area (Å²) in [6.07, 6.45) is 4.09. The normalized spacial score (nSPS) is 11.9. The molecule has 0 heterocycles. The Morgan fingerprint density at radius 2 is 1.82 bits per heavy atom. The largest absolute Gasteiger partial charge is 0.206 e. The van der Waals surface area contributed by atoms with Gasteiger partial charge < -0.3 is 0 Å². The quantitative estimate of drug-likeness (QED) is 0.623. The highest BCUT2D eigenvalue weighted by Gasteiger charge is 2.21. The van der Waals surface area contributed by atoms with Crippen molar-refractivity contribution in [1.29, 1.82) is 0 Å². The van der Waals surface area contributed by atoms with Gasteiger partial charge >= 0.3 is 0 Å². The van der Waals surface area contributed by atoms with Crippen LogP contribution in [-0.2, 0) is 11.8 Å². The molecule has 0 nitrogen and oxygen atoms in total. The zero-order chi connectivity index (χ0) is 13.1. The minimum atomic E-state index is -0.200. The summed E-state index contributed by atoms with van der Waals surface area (Å²) < 4.78 is 14.3. The van der Waals surface area contributed by atoms with Gasteiger partial charge in [0.05, 0.1) is 0 Å². The lowest BCUT2D eigenvalue weighted by Gasteiger charge is -2.21. The summed E-state index contributed by atoms with van der Waals surface area (Å²) >= 11 is 6.07. The smallest absolute Gasteiger partial charge is 0.130 e. The van der Waals surface area contributed by atoms with Gasteiger partial charge in [0.25, 0.3) is 0 Å². The molecule has 1 rings (SSSR count). The molecule has 0 aliphatic carbocycles. The Morgan fingerprint density at radius 3 is 2.35 bits per heavy atom. The van der Waals surface area contributed by atoms with E-state index in [2.05, 4.69) is 6.92 Å². The lowest BCUT2D eigenvalue weighted by Crippen LogP contribution is -2.15. The standard InChI is InChI=1S/C15H22ClF/c1-5-6-7-8-11-9-12(16)10-13(14(11)17)15(2,3)4/h9-10H,5-8H2,1-4H3. The molecule has 0 unspecified atom stereocenters. The third-order valence-corrected chi connectivity index (χ3v) is 3.19. The molecule has 0 atom stereocenters. The van der Waals surface area contributed by atoms with E-state index in [0.29, 0.717) is 5.02 Å². The Labute approximate surface area is 109 Å². The zero-order valence-electron chi connectivity index (χ0n) is 11.2. The molecular weight excluding hydrogens is 235 g/mol. The molecule has 2 heteroatoms. The molecule has 0 aromatic heterocycles. The molecule has 0 saturated carbocycles. The van der Waals surface area contributed by atoms with Crippen molar-refractivity contribution in [2.45, 2.75) is 58.8 Å². The van der Waals surface area contributed by atoms with E-state index >= 15 is 0 Å². The Hall–Kier alpha value is -0.560. The van der Waals surface area contributed by atoms with Crippen molar-refractivity contribution in [3.05, 3.63) is 34.1 Å². The van der Waals surface area contributed by atoms with Crippen molar-refractivity contribution < 1.29 is 4.39 Å². The molecule has 1 aromatic rings. The van der Waals surface area contributed by atoms with Crippen LogP contribution in [-0.4, -0.2) is 0 Å². The first-order valence-electron chi connectivity index (χ1n) is 6.34. The van der Waals surface area contributed by atoms with Crippen molar-refractivity contribution in [2.75, 3.05) is 0 Å². The second-order valence-electron chi connectivity index (χ2n) is 5.63. The first kappa shape index (κ1) is 14.5. The summed E-state index contributed by atoms with van der Waals surface area (Å²) in [6, 6.07) is 3.52. The minimum absolute atomic E-state index is 0.0713. The summed E-state index contributed by atoms with van der Waals surface area (Å²) in [6.45, 7) is 8.18. The van der Waals surface area contributed by atoms with Gasteiger partial charge in [0.15, 0.2) is 0 Å². The molecule has 0 saturated heterocycles. The maximum Gasteiger partial charge on any atom is 0.130 e. The number of benzene rings is 1. The maximum atomic E-state index is 14.3. The Kier molecular flexibility index (Phi) is 5.00. The van der Waals surface area contributed by atoms with Crippen LogP contribution in [0.2, 0.25) is 5.02 Å². The molecule has 1 aromatic carbocycles. The van der Waals surface area contributed by atoms with E-state index in [1.807, 2.05) is 20.8 Å². The van der Waals surface area contributed by atoms with Crippen molar-refractivity contribution in [3.8, 4) is 0 Å². The Morgan fingerprint density at radius 1 is 1.18 bits per heavy atom. The van der Waals surface area contributed by atoms with E-state index in [9.17, 15) is 4.39 Å². The van der Waals surface area contributed by atoms with Crippen LogP contribution in [0.5, 0.6) is 0 Å². The predicted octanol–water partition coefficient (Wildman–Crippen LogP) is 5.51. The molecule has 0 radical (unpaired) electrons. The number of aryl methyl sites for hydroxylation is 1. The third-order valence-electron chi connectivity index (χ3n) is 2.97. The van der Waals surface area contributed by atoms with Crippen LogP contribution in [0.15, 0.2) is 12.1 Å². The average molecular weight is 257 g/mol. The molecule has 0 N–H and O–H groups in total. The number of hydrogen-bond donors (Lipinski definition) is 0. The summed E-state index contributed by atoms with van der Waals surface area (Å²) in [7, 11) is 0. The Bertz CT molecular complexity index is 377. The maximum absolute atomic E-state index is 14.3. The van der Waals surface area contributed by atoms with Gasteiger partial charge in [-0.1, -0.05) is 52.1 Å². The van der Waals surface area contributed by atoms with E-state index in [4.69, 9.17) is 11.6 Å². The van der Waals surface area contributed by atoms with Gasteiger partial charge in [0.1, 0.15) is 5.82 Å². The number of unbranched alkanes of at least 4 members (excludes halogenated alkanes) is 2. The summed E-state index contributed by atoms with van der Waals surface area (Å²) in [4.78, 5) is 0. The van der Waals surface area contributed by atoms with Gasteiger partial charge in [-0.25, -0.2) is 4.39 Å². The highest BCUT2D eigenvalue weighted by molar-refractivity contribution is 6.30. The minimum Gasteiger partial charge on any atom is -0.206 e. The van der Waals surface area contributed by atoms with Crippen LogP contribution < -0.4 is 0 Å². The molecule has 96 valence electrons. The molecular formula is C15H22ClF. The van der Waals surface area contributed by atoms with Gasteiger partial charge in [-0.3, -0.25) is 0 Å². The molecule has 0 spiro atoms. The van der Waals surface area contributed by atoms with Gasteiger partial charge in [0, 0.05) is 5.02 Å². The van der Waals surface area contributed by atoms with Gasteiger partial charge in [0.2, 0.25) is 0 Å². The summed E-state index contributed by atoms with van der Waals surface area (Å²) in [5.41, 5.74) is 1.28. The summed E-state index contributed by atoms with van der Waals surface area (Å²) in [5.74, 6) is -0.0713. The molecule has 0 aliphatic heterocycles. The predicted molar refractivity (Wildman–Crippen MR) is 73.3 cm³/mol. The van der Waals surface area contributed by atoms with Crippen LogP contribution in [0.25, 0.3) is 0 Å². The van der Waals surface area contributed by atoms with Gasteiger partial charge in [-0.15, -0.1) is 0 Å². The Balaban J connectivity index is 3.02. The number of halogens is 2. The number of rotatable bonds is 4. The van der Waals surface area contributed by atoms with Crippen molar-refractivity contribution in [1.82, 2.24) is 0 Å². The molecule has 0 bridgehead atoms. The van der Waals surface area contributed by atoms with Crippen molar-refractivity contribution >= 4 is 11.6 Å². The second kappa shape index (κ2) is 5.86. The fraction of sp³-hybridized carbons (Fsp3) is 0.600. The summed E-state index contributed by atoms with van der Waals surface area (Å²) in [5, 5.41) is 0.642. The van der Waals surface area contributed by atoms with Gasteiger partial charge in [-0.2, -0.15) is 0 Å². The first-order chi connectivity index (χ1) is 7.86. The lowest BCUT2D eigenvalue weighted by atomic mass is 9.85. The van der Waals surface area contributed by atoms with E-state index in [1.54, 1.807) is 12.1 Å². The van der Waals surface area contributed by atoms with E-state index < -0.39 is 0 Å². The molecule has 0 amide bonds. The highest BCUT2D eigenvalue weighted by atomic mass is 35.5. The molecule has 17 heavy (non-hydrogen) atoms. The fourth-order valence-corrected chi connectivity index (χ4v) is 2.18. The van der Waals surface area contributed by atoms with Crippen LogP contribution in [0.4, 0.5) is 4.39 Å². The fourth-order valence-electron chi connectivity index (χ4n) is 1.94. The van der Waals surface area contributed by atoms with Crippen molar-refractivity contribution in [2.24, 2.45) is 0 Å². The second-order valence-corrected chi connectivity index (χ2v) is 6.07. The SMILES string of the molecule is CCCCCc1cc(Cl)cc(C(C)(C)C)c1F. The van der Waals surface area contributed by atoms with E-state index in [0.717, 1.165) is 36.8 Å². The lowest BCUT2D eigenvalue weighted by molar-refractivity contribution is 0.512. The third kappa shape index (κ3) is 3.99. The van der Waals surface area contributed by atoms with Crippen LogP contribution in [0, 0.1) is 5.82 Å². The number of hydrogen-bond acceptors (Lipinski definition) is 0. The topological polar surface area (TPSA) is 0 Å². The highest BCUT2D eigenvalue weighted by Crippen LogP contribution is 2.30. The molecule has 0 aliphatic rings. The van der Waals surface area contributed by atoms with Crippen molar-refractivity contribution in [3.63, 3.8) is 0 Å². The zero-order valence-corrected chi connectivity index (χ0v) is 12.0. The van der Waals surface area contributed by atoms with E-state index in [1.165, 1.54) is 0 Å². The van der Waals surface area contributed by atoms with Crippen LogP contribution >= 0.6 is 11.6 Å².